The molecule has 0 saturated carbocycles. The normalized spacial score (nSPS) is 20.7. The Kier molecular flexibility index (Phi) is 7.05. The fraction of sp³-hybridized carbons (Fsp3) is 0.522. The third-order valence-corrected chi connectivity index (χ3v) is 5.31. The summed E-state index contributed by atoms with van der Waals surface area (Å²) in [6.45, 7) is 7.36. The number of dihydropyridines is 1. The van der Waals surface area contributed by atoms with Crippen molar-refractivity contribution in [3.8, 4) is 0 Å². The Bertz CT molecular complexity index is 858. The lowest BCUT2D eigenvalue weighted by atomic mass is 9.69. The number of esters is 1. The Morgan fingerprint density at radius 3 is 2.80 bits per heavy atom. The quantitative estimate of drug-likeness (QED) is 0.499. The number of carbonyl (C=O) groups is 2. The highest BCUT2D eigenvalue weighted by atomic mass is 16.5. The molecule has 7 heteroatoms. The minimum Gasteiger partial charge on any atom is -0.462 e. The predicted octanol–water partition coefficient (Wildman–Crippen LogP) is 2.59. The maximum absolute atomic E-state index is 13.2. The zero-order valence-corrected chi connectivity index (χ0v) is 18.0. The Hall–Kier alpha value is -2.51. The second kappa shape index (κ2) is 9.53. The number of Topliss-reactive ketones (excluding diaryl/α,β-unsaturated/α-hetero) is 1. The minimum absolute atomic E-state index is 0.0466. The molecule has 0 spiro atoms. The lowest BCUT2D eigenvalue weighted by Crippen LogP contribution is -2.40. The van der Waals surface area contributed by atoms with Crippen LogP contribution < -0.4 is 11.1 Å². The molecule has 2 aliphatic rings. The molecule has 1 aliphatic carbocycles. The summed E-state index contributed by atoms with van der Waals surface area (Å²) in [6, 6.07) is 3.71. The molecule has 2 heterocycles. The van der Waals surface area contributed by atoms with Crippen LogP contribution in [0.1, 0.15) is 51.5 Å². The number of aromatic nitrogens is 1. The molecule has 0 radical (unpaired) electrons. The van der Waals surface area contributed by atoms with E-state index in [1.165, 1.54) is 0 Å². The number of ketones is 1. The van der Waals surface area contributed by atoms with Crippen molar-refractivity contribution in [3.05, 3.63) is 52.6 Å². The van der Waals surface area contributed by atoms with Gasteiger partial charge < -0.3 is 20.5 Å². The zero-order valence-electron chi connectivity index (χ0n) is 18.0. The maximum Gasteiger partial charge on any atom is 0.336 e. The summed E-state index contributed by atoms with van der Waals surface area (Å²) in [6.07, 6.45) is 5.24. The van der Waals surface area contributed by atoms with E-state index in [0.29, 0.717) is 55.9 Å². The van der Waals surface area contributed by atoms with Gasteiger partial charge in [-0.2, -0.15) is 0 Å². The number of carbonyl (C=O) groups excluding carboxylic acids is 2. The molecule has 1 atom stereocenters. The molecule has 1 aromatic heterocycles. The van der Waals surface area contributed by atoms with Gasteiger partial charge in [0.2, 0.25) is 0 Å². The molecule has 0 amide bonds. The number of ether oxygens (including phenoxy) is 2. The summed E-state index contributed by atoms with van der Waals surface area (Å²) in [7, 11) is 0. The lowest BCUT2D eigenvalue weighted by molar-refractivity contribution is -0.139. The first kappa shape index (κ1) is 22.2. The molecule has 0 bridgehead atoms. The molecule has 3 N–H and O–H groups in total. The minimum atomic E-state index is -0.528. The number of allylic oxidation sites excluding steroid dienone is 2. The van der Waals surface area contributed by atoms with Gasteiger partial charge in [0.15, 0.2) is 5.78 Å². The monoisotopic (exact) mass is 413 g/mol. The van der Waals surface area contributed by atoms with E-state index < -0.39 is 11.9 Å². The highest BCUT2D eigenvalue weighted by molar-refractivity contribution is 6.04. The van der Waals surface area contributed by atoms with E-state index in [-0.39, 0.29) is 17.8 Å². The van der Waals surface area contributed by atoms with Crippen LogP contribution in [-0.4, -0.2) is 43.1 Å². The average molecular weight is 414 g/mol. The number of pyridine rings is 1. The van der Waals surface area contributed by atoms with E-state index in [9.17, 15) is 9.59 Å². The van der Waals surface area contributed by atoms with E-state index in [0.717, 1.165) is 11.3 Å². The van der Waals surface area contributed by atoms with Gasteiger partial charge in [0.1, 0.15) is 0 Å². The third-order valence-electron chi connectivity index (χ3n) is 5.31. The van der Waals surface area contributed by atoms with E-state index in [1.54, 1.807) is 12.4 Å². The van der Waals surface area contributed by atoms with Crippen molar-refractivity contribution in [2.75, 3.05) is 26.4 Å². The van der Waals surface area contributed by atoms with Crippen molar-refractivity contribution >= 4 is 11.8 Å². The number of hydrogen-bond donors (Lipinski definition) is 2. The molecule has 3 rings (SSSR count). The number of nitrogens with one attached hydrogen (secondary N) is 1. The topological polar surface area (TPSA) is 104 Å². The Morgan fingerprint density at radius 1 is 1.33 bits per heavy atom. The smallest absolute Gasteiger partial charge is 0.336 e. The van der Waals surface area contributed by atoms with Gasteiger partial charge in [-0.1, -0.05) is 26.8 Å². The maximum atomic E-state index is 13.2. The van der Waals surface area contributed by atoms with Gasteiger partial charge in [0, 0.05) is 42.5 Å². The van der Waals surface area contributed by atoms with Crippen molar-refractivity contribution in [2.45, 2.75) is 46.0 Å². The molecule has 7 nitrogen and oxygen atoms in total. The predicted molar refractivity (Wildman–Crippen MR) is 113 cm³/mol. The van der Waals surface area contributed by atoms with E-state index in [4.69, 9.17) is 15.2 Å². The summed E-state index contributed by atoms with van der Waals surface area (Å²) in [5.74, 6) is -0.918. The Morgan fingerprint density at radius 2 is 2.13 bits per heavy atom. The first-order chi connectivity index (χ1) is 14.4. The van der Waals surface area contributed by atoms with Crippen molar-refractivity contribution in [1.29, 1.82) is 0 Å². The van der Waals surface area contributed by atoms with E-state index in [2.05, 4.69) is 24.1 Å². The molecule has 162 valence electrons. The average Bonchev–Trinajstić information content (AvgIpc) is 2.71. The Balaban J connectivity index is 2.12. The second-order valence-corrected chi connectivity index (χ2v) is 8.55. The van der Waals surface area contributed by atoms with Crippen molar-refractivity contribution in [1.82, 2.24) is 10.3 Å². The van der Waals surface area contributed by atoms with Gasteiger partial charge >= 0.3 is 5.97 Å². The first-order valence-electron chi connectivity index (χ1n) is 10.5. The molecular weight excluding hydrogens is 382 g/mol. The summed E-state index contributed by atoms with van der Waals surface area (Å²) in [5, 5.41) is 3.36. The van der Waals surface area contributed by atoms with Gasteiger partial charge in [-0.15, -0.1) is 0 Å². The van der Waals surface area contributed by atoms with Crippen LogP contribution in [0.25, 0.3) is 0 Å². The molecule has 1 unspecified atom stereocenters. The third kappa shape index (κ3) is 4.79. The number of nitrogens with zero attached hydrogens (tertiary/aromatic N) is 1. The van der Waals surface area contributed by atoms with Gasteiger partial charge in [0.25, 0.3) is 0 Å². The van der Waals surface area contributed by atoms with Crippen LogP contribution >= 0.6 is 0 Å². The molecule has 1 aliphatic heterocycles. The van der Waals surface area contributed by atoms with Crippen LogP contribution in [0.3, 0.4) is 0 Å². The standard InChI is InChI=1S/C23H31N3O4/c1-4-9-30-22(28)21-17(14-29-10-7-24)26-16-11-23(2,3)12-18(27)20(16)19(21)15-6-5-8-25-13-15/h5-6,8,13,19,26H,4,7,9-12,14,24H2,1-3H3. The summed E-state index contributed by atoms with van der Waals surface area (Å²) >= 11 is 0. The van der Waals surface area contributed by atoms with E-state index >= 15 is 0 Å². The van der Waals surface area contributed by atoms with Gasteiger partial charge in [-0.3, -0.25) is 9.78 Å². The van der Waals surface area contributed by atoms with Crippen LogP contribution in [0.15, 0.2) is 47.1 Å². The summed E-state index contributed by atoms with van der Waals surface area (Å²) in [5.41, 5.74) is 8.73. The second-order valence-electron chi connectivity index (χ2n) is 8.55. The van der Waals surface area contributed by atoms with Crippen LogP contribution in [0.5, 0.6) is 0 Å². The molecule has 0 aromatic carbocycles. The van der Waals surface area contributed by atoms with Crippen molar-refractivity contribution in [3.63, 3.8) is 0 Å². The highest BCUT2D eigenvalue weighted by Crippen LogP contribution is 2.46. The largest absolute Gasteiger partial charge is 0.462 e. The van der Waals surface area contributed by atoms with Crippen molar-refractivity contribution in [2.24, 2.45) is 11.1 Å². The zero-order chi connectivity index (χ0) is 21.7. The number of hydrogen-bond acceptors (Lipinski definition) is 7. The molecule has 0 saturated heterocycles. The van der Waals surface area contributed by atoms with Crippen LogP contribution in [0.4, 0.5) is 0 Å². The fourth-order valence-corrected chi connectivity index (χ4v) is 4.11. The SMILES string of the molecule is CCCOC(=O)C1=C(COCCN)NC2=C(C(=O)CC(C)(C)C2)C1c1cccnc1. The van der Waals surface area contributed by atoms with Crippen LogP contribution in [0, 0.1) is 5.41 Å². The van der Waals surface area contributed by atoms with Gasteiger partial charge in [-0.05, 0) is 29.9 Å². The van der Waals surface area contributed by atoms with Gasteiger partial charge in [0.05, 0.1) is 31.1 Å². The van der Waals surface area contributed by atoms with E-state index in [1.807, 2.05) is 19.1 Å². The van der Waals surface area contributed by atoms with Crippen LogP contribution in [-0.2, 0) is 19.1 Å². The molecular formula is C23H31N3O4. The molecule has 30 heavy (non-hydrogen) atoms. The summed E-state index contributed by atoms with van der Waals surface area (Å²) in [4.78, 5) is 30.6. The first-order valence-corrected chi connectivity index (χ1v) is 10.5. The number of rotatable bonds is 8. The fourth-order valence-electron chi connectivity index (χ4n) is 4.11. The van der Waals surface area contributed by atoms with Gasteiger partial charge in [-0.25, -0.2) is 4.79 Å². The Labute approximate surface area is 177 Å². The molecule has 1 aromatic rings. The van der Waals surface area contributed by atoms with Crippen LogP contribution in [0.2, 0.25) is 0 Å². The van der Waals surface area contributed by atoms with Crippen molar-refractivity contribution < 1.29 is 19.1 Å². The highest BCUT2D eigenvalue weighted by Gasteiger charge is 2.43. The number of nitrogens with two attached hydrogens (primary N) is 1. The lowest BCUT2D eigenvalue weighted by Gasteiger charge is -2.39. The summed E-state index contributed by atoms with van der Waals surface area (Å²) < 4.78 is 11.2. The molecule has 0 fully saturated rings.